The molecule has 0 atom stereocenters. The molecule has 0 aliphatic rings. The molecule has 0 spiro atoms. The van der Waals surface area contributed by atoms with Gasteiger partial charge in [-0.05, 0) is 24.6 Å². The first kappa shape index (κ1) is 14.6. The highest BCUT2D eigenvalue weighted by Gasteiger charge is 2.07. The van der Waals surface area contributed by atoms with Gasteiger partial charge in [0.05, 0.1) is 24.1 Å². The number of nitrogens with one attached hydrogen (secondary N) is 1. The van der Waals surface area contributed by atoms with Crippen molar-refractivity contribution in [1.82, 2.24) is 4.98 Å². The second-order valence-electron chi connectivity index (χ2n) is 4.46. The van der Waals surface area contributed by atoms with Crippen LogP contribution < -0.4 is 21.5 Å². The fourth-order valence-electron chi connectivity index (χ4n) is 1.77. The Bertz CT molecular complexity index is 602. The molecule has 0 radical (unpaired) electrons. The van der Waals surface area contributed by atoms with E-state index in [1.807, 2.05) is 30.3 Å². The Labute approximate surface area is 123 Å². The summed E-state index contributed by atoms with van der Waals surface area (Å²) in [6, 6.07) is 11.2. The number of hydrogen-bond acceptors (Lipinski definition) is 5. The van der Waals surface area contributed by atoms with E-state index in [0.717, 1.165) is 12.2 Å². The monoisotopic (exact) mass is 286 g/mol. The third-order valence-electron chi connectivity index (χ3n) is 2.84. The standard InChI is InChI=1S/C15H18N4O2/c16-13-10-19-14(9-12(13)15(17)20)18-7-4-8-21-11-5-2-1-3-6-11/h1-3,5-6,9-10H,4,7-8,16H2,(H2,17,20)(H,18,19). The van der Waals surface area contributed by atoms with Crippen molar-refractivity contribution >= 4 is 17.4 Å². The molecule has 0 aliphatic heterocycles. The number of carbonyl (C=O) groups is 1. The van der Waals surface area contributed by atoms with Gasteiger partial charge in [0.1, 0.15) is 11.6 Å². The number of nitrogens with zero attached hydrogens (tertiary/aromatic N) is 1. The number of aromatic nitrogens is 1. The summed E-state index contributed by atoms with van der Waals surface area (Å²) in [5, 5.41) is 3.10. The fraction of sp³-hybridized carbons (Fsp3) is 0.200. The Morgan fingerprint density at radius 2 is 2.05 bits per heavy atom. The number of hydrogen-bond donors (Lipinski definition) is 3. The van der Waals surface area contributed by atoms with Gasteiger partial charge < -0.3 is 21.5 Å². The molecular weight excluding hydrogens is 268 g/mol. The number of amides is 1. The molecule has 6 heteroatoms. The second-order valence-corrected chi connectivity index (χ2v) is 4.46. The third-order valence-corrected chi connectivity index (χ3v) is 2.84. The number of nitrogens with two attached hydrogens (primary N) is 2. The average molecular weight is 286 g/mol. The van der Waals surface area contributed by atoms with E-state index in [-0.39, 0.29) is 11.3 Å². The van der Waals surface area contributed by atoms with Gasteiger partial charge in [0.15, 0.2) is 0 Å². The first-order valence-electron chi connectivity index (χ1n) is 6.64. The average Bonchev–Trinajstić information content (AvgIpc) is 2.49. The van der Waals surface area contributed by atoms with Crippen molar-refractivity contribution in [2.75, 3.05) is 24.2 Å². The first-order valence-corrected chi connectivity index (χ1v) is 6.64. The van der Waals surface area contributed by atoms with E-state index in [1.54, 1.807) is 6.07 Å². The van der Waals surface area contributed by atoms with Gasteiger partial charge in [-0.25, -0.2) is 4.98 Å². The summed E-state index contributed by atoms with van der Waals surface area (Å²) in [6.07, 6.45) is 2.22. The molecule has 0 fully saturated rings. The zero-order valence-electron chi connectivity index (χ0n) is 11.6. The van der Waals surface area contributed by atoms with Gasteiger partial charge in [-0.15, -0.1) is 0 Å². The minimum atomic E-state index is -0.564. The van der Waals surface area contributed by atoms with Crippen molar-refractivity contribution < 1.29 is 9.53 Å². The summed E-state index contributed by atoms with van der Waals surface area (Å²) in [6.45, 7) is 1.26. The molecule has 21 heavy (non-hydrogen) atoms. The lowest BCUT2D eigenvalue weighted by Gasteiger charge is -2.09. The van der Waals surface area contributed by atoms with Crippen LogP contribution in [0.1, 0.15) is 16.8 Å². The maximum absolute atomic E-state index is 11.2. The molecule has 110 valence electrons. The number of ether oxygens (including phenoxy) is 1. The number of rotatable bonds is 7. The first-order chi connectivity index (χ1) is 10.2. The van der Waals surface area contributed by atoms with Gasteiger partial charge in [-0.3, -0.25) is 4.79 Å². The molecule has 1 amide bonds. The predicted octanol–water partition coefficient (Wildman–Crippen LogP) is 1.64. The van der Waals surface area contributed by atoms with Gasteiger partial charge in [0.2, 0.25) is 0 Å². The van der Waals surface area contributed by atoms with Crippen LogP contribution in [0.4, 0.5) is 11.5 Å². The maximum atomic E-state index is 11.2. The van der Waals surface area contributed by atoms with Crippen LogP contribution in [-0.2, 0) is 0 Å². The summed E-state index contributed by atoms with van der Waals surface area (Å²) in [5.41, 5.74) is 11.4. The van der Waals surface area contributed by atoms with Crippen molar-refractivity contribution in [1.29, 1.82) is 0 Å². The zero-order valence-corrected chi connectivity index (χ0v) is 11.6. The Hall–Kier alpha value is -2.76. The number of para-hydroxylation sites is 1. The van der Waals surface area contributed by atoms with Gasteiger partial charge >= 0.3 is 0 Å². The highest BCUT2D eigenvalue weighted by molar-refractivity contribution is 5.98. The molecule has 2 aromatic rings. The normalized spacial score (nSPS) is 10.1. The van der Waals surface area contributed by atoms with E-state index in [9.17, 15) is 4.79 Å². The van der Waals surface area contributed by atoms with E-state index in [1.165, 1.54) is 6.20 Å². The van der Waals surface area contributed by atoms with E-state index >= 15 is 0 Å². The minimum Gasteiger partial charge on any atom is -0.494 e. The Morgan fingerprint density at radius 1 is 1.29 bits per heavy atom. The van der Waals surface area contributed by atoms with Crippen LogP contribution in [0.5, 0.6) is 5.75 Å². The molecule has 6 nitrogen and oxygen atoms in total. The maximum Gasteiger partial charge on any atom is 0.250 e. The van der Waals surface area contributed by atoms with E-state index in [0.29, 0.717) is 19.0 Å². The SMILES string of the molecule is NC(=O)c1cc(NCCCOc2ccccc2)ncc1N. The van der Waals surface area contributed by atoms with Crippen LogP contribution in [0.25, 0.3) is 0 Å². The molecule has 0 saturated heterocycles. The molecule has 0 saturated carbocycles. The van der Waals surface area contributed by atoms with Crippen molar-refractivity contribution in [3.8, 4) is 5.75 Å². The number of nitrogen functional groups attached to an aromatic ring is 1. The second kappa shape index (κ2) is 7.14. The van der Waals surface area contributed by atoms with E-state index in [4.69, 9.17) is 16.2 Å². The molecule has 1 heterocycles. The number of carbonyl (C=O) groups excluding carboxylic acids is 1. The van der Waals surface area contributed by atoms with Crippen molar-refractivity contribution in [3.63, 3.8) is 0 Å². The highest BCUT2D eigenvalue weighted by Crippen LogP contribution is 2.14. The molecular formula is C15H18N4O2. The van der Waals surface area contributed by atoms with E-state index in [2.05, 4.69) is 10.3 Å². The molecule has 1 aromatic heterocycles. The van der Waals surface area contributed by atoms with Crippen molar-refractivity contribution in [2.24, 2.45) is 5.73 Å². The molecule has 0 aliphatic carbocycles. The Morgan fingerprint density at radius 3 is 2.76 bits per heavy atom. The van der Waals surface area contributed by atoms with Crippen LogP contribution >= 0.6 is 0 Å². The fourth-order valence-corrected chi connectivity index (χ4v) is 1.77. The number of anilines is 2. The summed E-state index contributed by atoms with van der Waals surface area (Å²) in [5.74, 6) is 0.849. The molecule has 1 aromatic carbocycles. The van der Waals surface area contributed by atoms with Gasteiger partial charge in [0.25, 0.3) is 5.91 Å². The molecule has 2 rings (SSSR count). The topological polar surface area (TPSA) is 103 Å². The summed E-state index contributed by atoms with van der Waals surface area (Å²) in [7, 11) is 0. The quantitative estimate of drug-likeness (QED) is 0.671. The van der Waals surface area contributed by atoms with Gasteiger partial charge in [-0.1, -0.05) is 18.2 Å². The summed E-state index contributed by atoms with van der Waals surface area (Å²) in [4.78, 5) is 15.3. The smallest absolute Gasteiger partial charge is 0.250 e. The predicted molar refractivity (Wildman–Crippen MR) is 82.2 cm³/mol. The Kier molecular flexibility index (Phi) is 4.98. The minimum absolute atomic E-state index is 0.271. The molecule has 0 bridgehead atoms. The molecule has 0 unspecified atom stereocenters. The lowest BCUT2D eigenvalue weighted by molar-refractivity contribution is 0.100. The van der Waals surface area contributed by atoms with Crippen molar-refractivity contribution in [3.05, 3.63) is 48.2 Å². The summed E-state index contributed by atoms with van der Waals surface area (Å²) >= 11 is 0. The molecule has 5 N–H and O–H groups in total. The lowest BCUT2D eigenvalue weighted by Crippen LogP contribution is -2.15. The zero-order chi connectivity index (χ0) is 15.1. The number of pyridine rings is 1. The van der Waals surface area contributed by atoms with Crippen LogP contribution in [0.2, 0.25) is 0 Å². The summed E-state index contributed by atoms with van der Waals surface area (Å²) < 4.78 is 5.57. The number of benzene rings is 1. The van der Waals surface area contributed by atoms with Crippen LogP contribution in [0.3, 0.4) is 0 Å². The van der Waals surface area contributed by atoms with Gasteiger partial charge in [0, 0.05) is 6.54 Å². The highest BCUT2D eigenvalue weighted by atomic mass is 16.5. The van der Waals surface area contributed by atoms with Crippen molar-refractivity contribution in [2.45, 2.75) is 6.42 Å². The van der Waals surface area contributed by atoms with Gasteiger partial charge in [-0.2, -0.15) is 0 Å². The largest absolute Gasteiger partial charge is 0.494 e. The van der Waals surface area contributed by atoms with Crippen LogP contribution in [-0.4, -0.2) is 24.0 Å². The van der Waals surface area contributed by atoms with E-state index < -0.39 is 5.91 Å². The lowest BCUT2D eigenvalue weighted by atomic mass is 10.2. The van der Waals surface area contributed by atoms with Crippen LogP contribution in [0, 0.1) is 0 Å². The Balaban J connectivity index is 1.76. The third kappa shape index (κ3) is 4.38. The van der Waals surface area contributed by atoms with Crippen LogP contribution in [0.15, 0.2) is 42.6 Å². The number of primary amides is 1.